The maximum atomic E-state index is 13.9. The van der Waals surface area contributed by atoms with Gasteiger partial charge in [-0.25, -0.2) is 23.3 Å². The molecule has 4 rings (SSSR count). The van der Waals surface area contributed by atoms with Crippen molar-refractivity contribution in [1.82, 2.24) is 24.1 Å². The molecule has 0 fully saturated rings. The van der Waals surface area contributed by atoms with Crippen LogP contribution < -0.4 is 17.0 Å². The van der Waals surface area contributed by atoms with Crippen LogP contribution in [-0.4, -0.2) is 30.7 Å². The number of anilines is 1. The molecule has 4 heterocycles. The number of nitrogens with zero attached hydrogens (tertiary/aromatic N) is 5. The van der Waals surface area contributed by atoms with Crippen LogP contribution in [-0.2, 0) is 12.5 Å². The molecular formula is C20H19F2N7O. The van der Waals surface area contributed by atoms with Gasteiger partial charge < -0.3 is 16.0 Å². The minimum Gasteiger partial charge on any atom is -0.383 e. The molecule has 4 aromatic rings. The Hall–Kier alpha value is -3.66. The van der Waals surface area contributed by atoms with E-state index in [0.717, 1.165) is 6.92 Å². The van der Waals surface area contributed by atoms with Crippen LogP contribution in [0.2, 0.25) is 0 Å². The van der Waals surface area contributed by atoms with Crippen molar-refractivity contribution in [3.8, 4) is 22.5 Å². The lowest BCUT2D eigenvalue weighted by atomic mass is 10.1. The molecule has 30 heavy (non-hydrogen) atoms. The molecule has 4 aromatic heterocycles. The number of aromatic nitrogens is 5. The smallest absolute Gasteiger partial charge is 0.274 e. The van der Waals surface area contributed by atoms with Crippen molar-refractivity contribution in [1.29, 1.82) is 0 Å². The summed E-state index contributed by atoms with van der Waals surface area (Å²) in [4.78, 5) is 20.1. The van der Waals surface area contributed by atoms with E-state index < -0.39 is 5.92 Å². The molecule has 4 N–H and O–H groups in total. The summed E-state index contributed by atoms with van der Waals surface area (Å²) in [5, 5.41) is 4.59. The fraction of sp³-hybridized carbons (Fsp3) is 0.200. The average molecular weight is 411 g/mol. The molecule has 0 aliphatic rings. The summed E-state index contributed by atoms with van der Waals surface area (Å²) in [6.45, 7) is 1.48. The molecule has 0 saturated heterocycles. The minimum atomic E-state index is -3.14. The van der Waals surface area contributed by atoms with Gasteiger partial charge in [-0.1, -0.05) is 0 Å². The molecule has 154 valence electrons. The highest BCUT2D eigenvalue weighted by Gasteiger charge is 2.28. The van der Waals surface area contributed by atoms with Gasteiger partial charge >= 0.3 is 0 Å². The number of nitrogen functional groups attached to an aromatic ring is 1. The molecule has 0 radical (unpaired) electrons. The predicted molar refractivity (Wildman–Crippen MR) is 109 cm³/mol. The third-order valence-electron chi connectivity index (χ3n) is 4.70. The first-order valence-corrected chi connectivity index (χ1v) is 9.18. The zero-order valence-corrected chi connectivity index (χ0v) is 16.1. The van der Waals surface area contributed by atoms with Crippen molar-refractivity contribution >= 4 is 11.5 Å². The molecule has 0 unspecified atom stereocenters. The van der Waals surface area contributed by atoms with E-state index in [4.69, 9.17) is 11.5 Å². The number of nitrogens with two attached hydrogens (primary N) is 2. The average Bonchev–Trinajstić information content (AvgIpc) is 3.12. The van der Waals surface area contributed by atoms with Gasteiger partial charge in [0.2, 0.25) is 0 Å². The lowest BCUT2D eigenvalue weighted by Crippen LogP contribution is -2.22. The van der Waals surface area contributed by atoms with Gasteiger partial charge in [-0.05, 0) is 24.3 Å². The van der Waals surface area contributed by atoms with Gasteiger partial charge in [0.05, 0.1) is 23.1 Å². The van der Waals surface area contributed by atoms with Crippen molar-refractivity contribution < 1.29 is 8.78 Å². The second-order valence-corrected chi connectivity index (χ2v) is 6.92. The molecular weight excluding hydrogens is 392 g/mol. The minimum absolute atomic E-state index is 0.158. The van der Waals surface area contributed by atoms with Gasteiger partial charge in [0.25, 0.3) is 11.5 Å². The number of hydrogen-bond acceptors (Lipinski definition) is 6. The first-order valence-electron chi connectivity index (χ1n) is 9.18. The van der Waals surface area contributed by atoms with Crippen molar-refractivity contribution in [3.05, 3.63) is 64.8 Å². The zero-order valence-electron chi connectivity index (χ0n) is 16.1. The van der Waals surface area contributed by atoms with Crippen molar-refractivity contribution in [2.75, 3.05) is 12.3 Å². The molecule has 0 spiro atoms. The second-order valence-electron chi connectivity index (χ2n) is 6.92. The van der Waals surface area contributed by atoms with Crippen LogP contribution in [0.4, 0.5) is 14.6 Å². The maximum absolute atomic E-state index is 13.9. The first kappa shape index (κ1) is 19.6. The van der Waals surface area contributed by atoms with Gasteiger partial charge in [-0.3, -0.25) is 4.79 Å². The van der Waals surface area contributed by atoms with Gasteiger partial charge in [0.15, 0.2) is 5.65 Å². The molecule has 0 saturated carbocycles. The Morgan fingerprint density at radius 2 is 1.90 bits per heavy atom. The lowest BCUT2D eigenvalue weighted by Gasteiger charge is -2.14. The summed E-state index contributed by atoms with van der Waals surface area (Å²) >= 11 is 0. The lowest BCUT2D eigenvalue weighted by molar-refractivity contribution is 0.0180. The Labute approximate surface area is 169 Å². The molecule has 0 atom stereocenters. The topological polar surface area (TPSA) is 117 Å². The SMILES string of the molecule is CC(F)(F)c1cc(-c2cnc3ccc(-c4ccc(=O)n(CCN)c4)nn23)cnc1N. The van der Waals surface area contributed by atoms with Gasteiger partial charge in [0, 0.05) is 49.6 Å². The van der Waals surface area contributed by atoms with Crippen molar-refractivity contribution in [3.63, 3.8) is 0 Å². The zero-order chi connectivity index (χ0) is 21.5. The maximum Gasteiger partial charge on any atom is 0.274 e. The summed E-state index contributed by atoms with van der Waals surface area (Å²) < 4.78 is 30.8. The Kier molecular flexibility index (Phi) is 4.78. The summed E-state index contributed by atoms with van der Waals surface area (Å²) in [5.41, 5.74) is 13.4. The number of rotatable bonds is 5. The van der Waals surface area contributed by atoms with Crippen molar-refractivity contribution in [2.24, 2.45) is 5.73 Å². The summed E-state index contributed by atoms with van der Waals surface area (Å²) in [7, 11) is 0. The van der Waals surface area contributed by atoms with Crippen LogP contribution >= 0.6 is 0 Å². The first-order chi connectivity index (χ1) is 14.3. The number of fused-ring (bicyclic) bond motifs is 1. The molecule has 0 amide bonds. The van der Waals surface area contributed by atoms with E-state index in [1.165, 1.54) is 29.1 Å². The van der Waals surface area contributed by atoms with E-state index in [-0.39, 0.29) is 16.9 Å². The summed E-state index contributed by atoms with van der Waals surface area (Å²) in [6, 6.07) is 7.93. The van der Waals surface area contributed by atoms with Crippen LogP contribution in [0.15, 0.2) is 53.7 Å². The van der Waals surface area contributed by atoms with E-state index in [9.17, 15) is 13.6 Å². The monoisotopic (exact) mass is 411 g/mol. The summed E-state index contributed by atoms with van der Waals surface area (Å²) in [6.07, 6.45) is 4.62. The normalized spacial score (nSPS) is 11.9. The van der Waals surface area contributed by atoms with E-state index in [0.29, 0.717) is 41.3 Å². The van der Waals surface area contributed by atoms with E-state index in [1.54, 1.807) is 28.9 Å². The van der Waals surface area contributed by atoms with E-state index >= 15 is 0 Å². The number of pyridine rings is 2. The quantitative estimate of drug-likeness (QED) is 0.520. The van der Waals surface area contributed by atoms with Gasteiger partial charge in [-0.2, -0.15) is 5.10 Å². The number of hydrogen-bond donors (Lipinski definition) is 2. The number of halogens is 2. The second kappa shape index (κ2) is 7.30. The van der Waals surface area contributed by atoms with Gasteiger partial charge in [0.1, 0.15) is 5.82 Å². The highest BCUT2D eigenvalue weighted by atomic mass is 19.3. The standard InChI is InChI=1S/C20H19F2N7O/c1-20(21,22)14-8-13(9-26-19(14)24)16-10-25-17-4-3-15(27-29(16)17)12-2-5-18(30)28(11-12)7-6-23/h2-5,8-11H,6-7,23H2,1H3,(H2,24,26). The fourth-order valence-electron chi connectivity index (χ4n) is 3.19. The predicted octanol–water partition coefficient (Wildman–Crippen LogP) is 2.27. The Morgan fingerprint density at radius 1 is 1.10 bits per heavy atom. The van der Waals surface area contributed by atoms with E-state index in [2.05, 4.69) is 15.1 Å². The number of alkyl halides is 2. The van der Waals surface area contributed by atoms with Crippen LogP contribution in [0, 0.1) is 0 Å². The highest BCUT2D eigenvalue weighted by Crippen LogP contribution is 2.33. The molecule has 0 aliphatic carbocycles. The summed E-state index contributed by atoms with van der Waals surface area (Å²) in [5.74, 6) is -3.36. The Balaban J connectivity index is 1.84. The molecule has 10 heteroatoms. The van der Waals surface area contributed by atoms with Gasteiger partial charge in [-0.15, -0.1) is 0 Å². The molecule has 0 aliphatic heterocycles. The molecule has 0 bridgehead atoms. The Morgan fingerprint density at radius 3 is 2.63 bits per heavy atom. The van der Waals surface area contributed by atoms with Crippen LogP contribution in [0.5, 0.6) is 0 Å². The number of imidazole rings is 1. The third-order valence-corrected chi connectivity index (χ3v) is 4.70. The molecule has 0 aromatic carbocycles. The van der Waals surface area contributed by atoms with Crippen molar-refractivity contribution in [2.45, 2.75) is 19.4 Å². The van der Waals surface area contributed by atoms with E-state index in [1.807, 2.05) is 0 Å². The fourth-order valence-corrected chi connectivity index (χ4v) is 3.19. The van der Waals surface area contributed by atoms with Crippen LogP contribution in [0.3, 0.4) is 0 Å². The highest BCUT2D eigenvalue weighted by molar-refractivity contribution is 5.67. The third kappa shape index (κ3) is 3.52. The van der Waals surface area contributed by atoms with Crippen LogP contribution in [0.1, 0.15) is 12.5 Å². The Bertz CT molecular complexity index is 1290. The largest absolute Gasteiger partial charge is 0.383 e. The van der Waals surface area contributed by atoms with Crippen LogP contribution in [0.25, 0.3) is 28.2 Å². The molecule has 8 nitrogen and oxygen atoms in total.